The van der Waals surface area contributed by atoms with E-state index in [1.54, 1.807) is 31.2 Å². The molecule has 1 atom stereocenters. The molecule has 0 aromatic heterocycles. The number of anilines is 1. The average Bonchev–Trinajstić information content (AvgIpc) is 2.92. The molecule has 0 bridgehead atoms. The van der Waals surface area contributed by atoms with Crippen molar-refractivity contribution in [3.63, 3.8) is 0 Å². The number of carbonyl (C=O) groups excluding carboxylic acids is 2. The van der Waals surface area contributed by atoms with Gasteiger partial charge in [-0.1, -0.05) is 66.0 Å². The highest BCUT2D eigenvalue weighted by Gasteiger charge is 2.34. The zero-order valence-electron chi connectivity index (χ0n) is 22.8. The third-order valence-corrected chi connectivity index (χ3v) is 8.41. The van der Waals surface area contributed by atoms with E-state index in [4.69, 9.17) is 16.3 Å². The fourth-order valence-corrected chi connectivity index (χ4v) is 5.77. The number of sulfonamides is 1. The van der Waals surface area contributed by atoms with Gasteiger partial charge in [-0.05, 0) is 56.2 Å². The van der Waals surface area contributed by atoms with Gasteiger partial charge in [0.25, 0.3) is 10.0 Å². The lowest BCUT2D eigenvalue weighted by Crippen LogP contribution is -2.51. The summed E-state index contributed by atoms with van der Waals surface area (Å²) in [4.78, 5) is 28.2. The standard InChI is InChI=1S/C29H34ClN3O5S/c1-6-25(29(35)31-4)32(18-22-11-7-20(2)8-12-22)28(34)19-33(26-17-23(30)13-16-27(26)38-5)39(36,37)24-14-9-21(3)10-15-24/h7-17,25H,6,18-19H2,1-5H3,(H,31,35)/t25-/m0/s1. The molecule has 2 amide bonds. The lowest BCUT2D eigenvalue weighted by molar-refractivity contribution is -0.140. The van der Waals surface area contributed by atoms with Gasteiger partial charge in [0.05, 0.1) is 17.7 Å². The Morgan fingerprint density at radius 3 is 2.10 bits per heavy atom. The molecule has 0 aliphatic heterocycles. The molecule has 0 saturated heterocycles. The highest BCUT2D eigenvalue weighted by atomic mass is 35.5. The average molecular weight is 572 g/mol. The van der Waals surface area contributed by atoms with Crippen LogP contribution < -0.4 is 14.4 Å². The van der Waals surface area contributed by atoms with E-state index >= 15 is 0 Å². The van der Waals surface area contributed by atoms with Crippen molar-refractivity contribution in [2.75, 3.05) is 25.0 Å². The summed E-state index contributed by atoms with van der Waals surface area (Å²) < 4.78 is 34.4. The van der Waals surface area contributed by atoms with Gasteiger partial charge in [0.1, 0.15) is 18.3 Å². The van der Waals surface area contributed by atoms with Crippen LogP contribution in [0.25, 0.3) is 0 Å². The Morgan fingerprint density at radius 1 is 0.974 bits per heavy atom. The molecule has 0 aliphatic carbocycles. The number of halogens is 1. The van der Waals surface area contributed by atoms with Crippen LogP contribution in [-0.2, 0) is 26.2 Å². The molecule has 0 fully saturated rings. The zero-order chi connectivity index (χ0) is 28.7. The van der Waals surface area contributed by atoms with Gasteiger partial charge in [-0.15, -0.1) is 0 Å². The number of hydrogen-bond acceptors (Lipinski definition) is 5. The molecule has 10 heteroatoms. The molecule has 8 nitrogen and oxygen atoms in total. The van der Waals surface area contributed by atoms with E-state index in [0.717, 1.165) is 21.0 Å². The number of hydrogen-bond donors (Lipinski definition) is 1. The van der Waals surface area contributed by atoms with Crippen LogP contribution in [0, 0.1) is 13.8 Å². The number of rotatable bonds is 11. The normalized spacial score (nSPS) is 11.9. The predicted octanol–water partition coefficient (Wildman–Crippen LogP) is 4.71. The molecule has 3 aromatic rings. The summed E-state index contributed by atoms with van der Waals surface area (Å²) in [7, 11) is -1.32. The number of nitrogens with zero attached hydrogens (tertiary/aromatic N) is 2. The van der Waals surface area contributed by atoms with Crippen LogP contribution in [0.2, 0.25) is 5.02 Å². The van der Waals surface area contributed by atoms with Gasteiger partial charge in [-0.3, -0.25) is 13.9 Å². The Hall–Kier alpha value is -3.56. The number of amides is 2. The molecule has 0 radical (unpaired) electrons. The van der Waals surface area contributed by atoms with Crippen molar-refractivity contribution in [1.29, 1.82) is 0 Å². The molecule has 3 rings (SSSR count). The van der Waals surface area contributed by atoms with Crippen molar-refractivity contribution >= 4 is 39.1 Å². The lowest BCUT2D eigenvalue weighted by atomic mass is 10.1. The molecule has 1 N–H and O–H groups in total. The topological polar surface area (TPSA) is 96.0 Å². The molecule has 39 heavy (non-hydrogen) atoms. The summed E-state index contributed by atoms with van der Waals surface area (Å²) in [6.45, 7) is 5.15. The molecule has 3 aromatic carbocycles. The van der Waals surface area contributed by atoms with Crippen LogP contribution in [0.15, 0.2) is 71.6 Å². The van der Waals surface area contributed by atoms with E-state index in [1.807, 2.05) is 38.1 Å². The van der Waals surface area contributed by atoms with Crippen LogP contribution in [0.1, 0.15) is 30.0 Å². The van der Waals surface area contributed by atoms with E-state index in [0.29, 0.717) is 6.42 Å². The highest BCUT2D eigenvalue weighted by molar-refractivity contribution is 7.92. The minimum absolute atomic E-state index is 0.00589. The van der Waals surface area contributed by atoms with Gasteiger partial charge in [-0.25, -0.2) is 8.42 Å². The first-order valence-corrected chi connectivity index (χ1v) is 14.3. The summed E-state index contributed by atoms with van der Waals surface area (Å²) in [5.41, 5.74) is 2.86. The van der Waals surface area contributed by atoms with Crippen molar-refractivity contribution in [2.24, 2.45) is 0 Å². The van der Waals surface area contributed by atoms with Gasteiger partial charge in [0, 0.05) is 18.6 Å². The second-order valence-electron chi connectivity index (χ2n) is 9.19. The molecule has 0 spiro atoms. The molecule has 208 valence electrons. The molecule has 0 saturated carbocycles. The second-order valence-corrected chi connectivity index (χ2v) is 11.5. The van der Waals surface area contributed by atoms with Crippen LogP contribution in [-0.4, -0.2) is 51.9 Å². The lowest BCUT2D eigenvalue weighted by Gasteiger charge is -2.33. The minimum Gasteiger partial charge on any atom is -0.495 e. The van der Waals surface area contributed by atoms with Gasteiger partial charge in [0.15, 0.2) is 0 Å². The van der Waals surface area contributed by atoms with Crippen LogP contribution in [0.4, 0.5) is 5.69 Å². The highest BCUT2D eigenvalue weighted by Crippen LogP contribution is 2.35. The fourth-order valence-electron chi connectivity index (χ4n) is 4.19. The van der Waals surface area contributed by atoms with Crippen molar-refractivity contribution in [1.82, 2.24) is 10.2 Å². The maximum atomic E-state index is 14.0. The monoisotopic (exact) mass is 571 g/mol. The van der Waals surface area contributed by atoms with Crippen molar-refractivity contribution in [3.8, 4) is 5.75 Å². The summed E-state index contributed by atoms with van der Waals surface area (Å²) >= 11 is 6.26. The van der Waals surface area contributed by atoms with E-state index in [9.17, 15) is 18.0 Å². The SMILES string of the molecule is CC[C@@H](C(=O)NC)N(Cc1ccc(C)cc1)C(=O)CN(c1cc(Cl)ccc1OC)S(=O)(=O)c1ccc(C)cc1. The van der Waals surface area contributed by atoms with Crippen LogP contribution in [0.5, 0.6) is 5.75 Å². The predicted molar refractivity (Wildman–Crippen MR) is 154 cm³/mol. The third-order valence-electron chi connectivity index (χ3n) is 6.40. The van der Waals surface area contributed by atoms with Crippen molar-refractivity contribution < 1.29 is 22.7 Å². The molecule has 0 aliphatic rings. The number of aryl methyl sites for hydroxylation is 2. The Balaban J connectivity index is 2.12. The van der Waals surface area contributed by atoms with E-state index < -0.39 is 28.5 Å². The third kappa shape index (κ3) is 7.10. The van der Waals surface area contributed by atoms with Crippen LogP contribution in [0.3, 0.4) is 0 Å². The van der Waals surface area contributed by atoms with Gasteiger partial charge in [0.2, 0.25) is 11.8 Å². The summed E-state index contributed by atoms with van der Waals surface area (Å²) in [5, 5.41) is 2.89. The Labute approximate surface area is 235 Å². The largest absolute Gasteiger partial charge is 0.495 e. The number of likely N-dealkylation sites (N-methyl/N-ethyl adjacent to an activating group) is 1. The van der Waals surface area contributed by atoms with Crippen molar-refractivity contribution in [3.05, 3.63) is 88.4 Å². The van der Waals surface area contributed by atoms with Gasteiger partial charge in [-0.2, -0.15) is 0 Å². The first-order valence-electron chi connectivity index (χ1n) is 12.5. The molecular weight excluding hydrogens is 538 g/mol. The maximum absolute atomic E-state index is 14.0. The maximum Gasteiger partial charge on any atom is 0.264 e. The minimum atomic E-state index is -4.24. The number of nitrogens with one attached hydrogen (secondary N) is 1. The Kier molecular flexibility index (Phi) is 9.99. The van der Waals surface area contributed by atoms with E-state index in [2.05, 4.69) is 5.32 Å². The summed E-state index contributed by atoms with van der Waals surface area (Å²) in [6, 6.07) is 17.7. The quantitative estimate of drug-likeness (QED) is 0.359. The van der Waals surface area contributed by atoms with E-state index in [-0.39, 0.29) is 33.8 Å². The first kappa shape index (κ1) is 30.0. The Bertz CT molecular complexity index is 1410. The zero-order valence-corrected chi connectivity index (χ0v) is 24.3. The van der Waals surface area contributed by atoms with Gasteiger partial charge >= 0.3 is 0 Å². The fraction of sp³-hybridized carbons (Fsp3) is 0.310. The summed E-state index contributed by atoms with van der Waals surface area (Å²) in [6.07, 6.45) is 0.336. The second kappa shape index (κ2) is 13.0. The number of benzene rings is 3. The van der Waals surface area contributed by atoms with Crippen LogP contribution >= 0.6 is 11.6 Å². The number of ether oxygens (including phenoxy) is 1. The molecular formula is C29H34ClN3O5S. The van der Waals surface area contributed by atoms with E-state index in [1.165, 1.54) is 37.3 Å². The summed E-state index contributed by atoms with van der Waals surface area (Å²) in [5.74, 6) is -0.665. The Morgan fingerprint density at radius 2 is 1.56 bits per heavy atom. The van der Waals surface area contributed by atoms with Gasteiger partial charge < -0.3 is 15.0 Å². The first-order chi connectivity index (χ1) is 18.5. The molecule has 0 unspecified atom stereocenters. The van der Waals surface area contributed by atoms with Crippen molar-refractivity contribution in [2.45, 2.75) is 44.7 Å². The number of methoxy groups -OCH3 is 1. The molecule has 0 heterocycles. The smallest absolute Gasteiger partial charge is 0.264 e. The number of carbonyl (C=O) groups is 2.